The maximum absolute atomic E-state index is 12.6. The van der Waals surface area contributed by atoms with Crippen molar-refractivity contribution in [2.75, 3.05) is 26.2 Å². The van der Waals surface area contributed by atoms with Crippen LogP contribution >= 0.6 is 0 Å². The minimum atomic E-state index is -1.40. The van der Waals surface area contributed by atoms with Gasteiger partial charge in [-0.3, -0.25) is 33.7 Å². The van der Waals surface area contributed by atoms with Gasteiger partial charge in [0.05, 0.1) is 19.6 Å². The van der Waals surface area contributed by atoms with Gasteiger partial charge in [-0.2, -0.15) is 0 Å². The third-order valence-corrected chi connectivity index (χ3v) is 4.59. The molecule has 5 N–H and O–H groups in total. The Balaban J connectivity index is 2.56. The predicted octanol–water partition coefficient (Wildman–Crippen LogP) is -1.43. The molecule has 0 aliphatic rings. The first-order valence-electron chi connectivity index (χ1n) is 10.9. The molecule has 0 fully saturated rings. The Hall–Kier alpha value is -4.06. The van der Waals surface area contributed by atoms with Crippen LogP contribution < -0.4 is 21.3 Å². The van der Waals surface area contributed by atoms with E-state index in [4.69, 9.17) is 5.11 Å². The number of imide groups is 1. The van der Waals surface area contributed by atoms with Crippen molar-refractivity contribution < 1.29 is 33.9 Å². The van der Waals surface area contributed by atoms with Crippen molar-refractivity contribution in [3.05, 3.63) is 48.0 Å². The van der Waals surface area contributed by atoms with Crippen LogP contribution in [0.1, 0.15) is 19.4 Å². The standard InChI is InChI=1S/C23H31N5O7/c1-3-7-21(32)28(15-29)18(11-24-14-22(33)34)23(35)26-12-19(30)25-13-20(31)27-16(2)10-17-8-5-4-6-9-17/h3-9,15-16,18,24H,10-14H2,1-2H3,(H,25,30)(H,26,35)(H,27,31)(H,33,34)/b7-3-. The van der Waals surface area contributed by atoms with Gasteiger partial charge in [0.15, 0.2) is 0 Å². The van der Waals surface area contributed by atoms with Crippen molar-refractivity contribution in [2.24, 2.45) is 0 Å². The number of benzene rings is 1. The van der Waals surface area contributed by atoms with E-state index in [1.165, 1.54) is 6.08 Å². The Morgan fingerprint density at radius 3 is 2.26 bits per heavy atom. The Morgan fingerprint density at radius 2 is 1.66 bits per heavy atom. The first-order valence-corrected chi connectivity index (χ1v) is 10.9. The van der Waals surface area contributed by atoms with Crippen LogP contribution in [0.5, 0.6) is 0 Å². The van der Waals surface area contributed by atoms with Crippen molar-refractivity contribution in [2.45, 2.75) is 32.4 Å². The number of rotatable bonds is 15. The van der Waals surface area contributed by atoms with Crippen LogP contribution in [0.3, 0.4) is 0 Å². The minimum Gasteiger partial charge on any atom is -0.480 e. The van der Waals surface area contributed by atoms with Crippen LogP contribution in [-0.2, 0) is 35.2 Å². The Kier molecular flexibility index (Phi) is 13.0. The number of nitrogens with zero attached hydrogens (tertiary/aromatic N) is 1. The Labute approximate surface area is 203 Å². The average molecular weight is 490 g/mol. The number of carboxylic acid groups (broad SMARTS) is 1. The summed E-state index contributed by atoms with van der Waals surface area (Å²) in [5, 5.41) is 18.6. The second-order valence-corrected chi connectivity index (χ2v) is 7.54. The van der Waals surface area contributed by atoms with Gasteiger partial charge >= 0.3 is 5.97 Å². The summed E-state index contributed by atoms with van der Waals surface area (Å²) >= 11 is 0. The molecule has 0 aromatic heterocycles. The molecule has 5 amide bonds. The summed E-state index contributed by atoms with van der Waals surface area (Å²) in [6, 6.07) is 8.01. The van der Waals surface area contributed by atoms with E-state index in [-0.39, 0.29) is 25.5 Å². The summed E-state index contributed by atoms with van der Waals surface area (Å²) in [7, 11) is 0. The molecule has 12 heteroatoms. The van der Waals surface area contributed by atoms with Gasteiger partial charge in [0, 0.05) is 12.6 Å². The number of hydrogen-bond donors (Lipinski definition) is 5. The summed E-state index contributed by atoms with van der Waals surface area (Å²) in [5.41, 5.74) is 1.05. The lowest BCUT2D eigenvalue weighted by Crippen LogP contribution is -2.55. The number of nitrogens with one attached hydrogen (secondary N) is 4. The fourth-order valence-electron chi connectivity index (χ4n) is 3.01. The van der Waals surface area contributed by atoms with Crippen molar-refractivity contribution in [3.8, 4) is 0 Å². The zero-order valence-electron chi connectivity index (χ0n) is 19.7. The monoisotopic (exact) mass is 489 g/mol. The Bertz CT molecular complexity index is 920. The van der Waals surface area contributed by atoms with Crippen molar-refractivity contribution in [3.63, 3.8) is 0 Å². The van der Waals surface area contributed by atoms with E-state index < -0.39 is 48.7 Å². The predicted molar refractivity (Wildman–Crippen MR) is 126 cm³/mol. The fourth-order valence-corrected chi connectivity index (χ4v) is 3.01. The Morgan fingerprint density at radius 1 is 1.00 bits per heavy atom. The van der Waals surface area contributed by atoms with Gasteiger partial charge < -0.3 is 26.4 Å². The molecule has 35 heavy (non-hydrogen) atoms. The van der Waals surface area contributed by atoms with Gasteiger partial charge in [0.2, 0.25) is 24.1 Å². The highest BCUT2D eigenvalue weighted by Crippen LogP contribution is 2.02. The summed E-state index contributed by atoms with van der Waals surface area (Å²) in [5.74, 6) is -3.92. The summed E-state index contributed by atoms with van der Waals surface area (Å²) in [6.07, 6.45) is 3.21. The maximum atomic E-state index is 12.6. The normalized spacial score (nSPS) is 12.3. The van der Waals surface area contributed by atoms with E-state index >= 15 is 0 Å². The fraction of sp³-hybridized carbons (Fsp3) is 0.391. The second kappa shape index (κ2) is 15.7. The number of carbonyl (C=O) groups excluding carboxylic acids is 5. The van der Waals surface area contributed by atoms with Gasteiger partial charge in [0.25, 0.3) is 5.91 Å². The number of carboxylic acids is 1. The molecule has 0 saturated heterocycles. The van der Waals surface area contributed by atoms with E-state index in [2.05, 4.69) is 21.3 Å². The summed E-state index contributed by atoms with van der Waals surface area (Å²) in [4.78, 5) is 71.5. The number of hydrogen-bond acceptors (Lipinski definition) is 7. The van der Waals surface area contributed by atoms with E-state index in [0.29, 0.717) is 11.3 Å². The molecule has 1 rings (SSSR count). The van der Waals surface area contributed by atoms with Crippen molar-refractivity contribution in [1.29, 1.82) is 0 Å². The molecule has 12 nitrogen and oxygen atoms in total. The van der Waals surface area contributed by atoms with Gasteiger partial charge in [0.1, 0.15) is 6.04 Å². The largest absolute Gasteiger partial charge is 0.480 e. The van der Waals surface area contributed by atoms with E-state index in [0.717, 1.165) is 11.6 Å². The average Bonchev–Trinajstić information content (AvgIpc) is 2.81. The summed E-state index contributed by atoms with van der Waals surface area (Å²) in [6.45, 7) is 1.69. The lowest BCUT2D eigenvalue weighted by molar-refractivity contribution is -0.143. The molecule has 190 valence electrons. The number of allylic oxidation sites excluding steroid dienone is 1. The lowest BCUT2D eigenvalue weighted by atomic mass is 10.1. The first-order chi connectivity index (χ1) is 16.7. The smallest absolute Gasteiger partial charge is 0.317 e. The second-order valence-electron chi connectivity index (χ2n) is 7.54. The molecule has 0 aliphatic carbocycles. The molecule has 0 radical (unpaired) electrons. The van der Waals surface area contributed by atoms with Gasteiger partial charge in [-0.05, 0) is 31.9 Å². The van der Waals surface area contributed by atoms with E-state index in [1.54, 1.807) is 6.92 Å². The van der Waals surface area contributed by atoms with Crippen molar-refractivity contribution in [1.82, 2.24) is 26.2 Å². The molecule has 2 unspecified atom stereocenters. The molecule has 2 atom stereocenters. The van der Waals surface area contributed by atoms with E-state index in [9.17, 15) is 28.8 Å². The molecule has 0 heterocycles. The number of aliphatic carboxylic acids is 1. The maximum Gasteiger partial charge on any atom is 0.317 e. The lowest BCUT2D eigenvalue weighted by Gasteiger charge is -2.25. The third kappa shape index (κ3) is 11.6. The summed E-state index contributed by atoms with van der Waals surface area (Å²) < 4.78 is 0. The zero-order valence-corrected chi connectivity index (χ0v) is 19.7. The SMILES string of the molecule is C/C=C\C(=O)N(C=O)C(CNCC(=O)O)C(=O)NCC(=O)NCC(=O)NC(C)Cc1ccccc1. The highest BCUT2D eigenvalue weighted by Gasteiger charge is 2.29. The molecule has 0 spiro atoms. The first kappa shape index (κ1) is 29.0. The quantitative estimate of drug-likeness (QED) is 0.147. The van der Waals surface area contributed by atoms with Crippen LogP contribution in [-0.4, -0.2) is 84.3 Å². The van der Waals surface area contributed by atoms with E-state index in [1.807, 2.05) is 37.3 Å². The van der Waals surface area contributed by atoms with Crippen LogP contribution in [0.2, 0.25) is 0 Å². The van der Waals surface area contributed by atoms with Crippen molar-refractivity contribution >= 4 is 36.0 Å². The molecular weight excluding hydrogens is 458 g/mol. The van der Waals surface area contributed by atoms with Crippen LogP contribution in [0.4, 0.5) is 0 Å². The molecule has 0 aliphatic heterocycles. The van der Waals surface area contributed by atoms with Gasteiger partial charge in [-0.15, -0.1) is 0 Å². The third-order valence-electron chi connectivity index (χ3n) is 4.59. The van der Waals surface area contributed by atoms with Crippen LogP contribution in [0.25, 0.3) is 0 Å². The van der Waals surface area contributed by atoms with Crippen LogP contribution in [0.15, 0.2) is 42.5 Å². The van der Waals surface area contributed by atoms with Crippen LogP contribution in [0, 0.1) is 0 Å². The topological polar surface area (TPSA) is 174 Å². The number of carbonyl (C=O) groups is 6. The highest BCUT2D eigenvalue weighted by molar-refractivity contribution is 6.00. The van der Waals surface area contributed by atoms with Gasteiger partial charge in [-0.25, -0.2) is 0 Å². The minimum absolute atomic E-state index is 0.149. The molecular formula is C23H31N5O7. The zero-order chi connectivity index (χ0) is 26.2. The highest BCUT2D eigenvalue weighted by atomic mass is 16.4. The number of amides is 5. The molecule has 0 saturated carbocycles. The molecule has 1 aromatic rings. The molecule has 1 aromatic carbocycles. The molecule has 0 bridgehead atoms. The van der Waals surface area contributed by atoms with Gasteiger partial charge in [-0.1, -0.05) is 36.4 Å².